The van der Waals surface area contributed by atoms with Crippen molar-refractivity contribution in [1.82, 2.24) is 0 Å². The highest BCUT2D eigenvalue weighted by Gasteiger charge is 2.42. The molecule has 0 spiro atoms. The van der Waals surface area contributed by atoms with E-state index < -0.39 is 5.54 Å². The third kappa shape index (κ3) is 1.88. The Morgan fingerprint density at radius 1 is 1.37 bits per heavy atom. The fourth-order valence-corrected chi connectivity index (χ4v) is 3.85. The Kier molecular flexibility index (Phi) is 3.11. The maximum absolute atomic E-state index is 10.7. The molecule has 0 amide bonds. The van der Waals surface area contributed by atoms with Crippen LogP contribution in [0.1, 0.15) is 30.4 Å². The van der Waals surface area contributed by atoms with Gasteiger partial charge in [0.2, 0.25) is 6.08 Å². The first-order valence-electron chi connectivity index (χ1n) is 6.36. The van der Waals surface area contributed by atoms with Gasteiger partial charge in [0.05, 0.1) is 10.0 Å². The molecule has 0 bridgehead atoms. The van der Waals surface area contributed by atoms with E-state index in [4.69, 9.17) is 9.47 Å². The molecular weight excluding hydrogens is 310 g/mol. The van der Waals surface area contributed by atoms with E-state index in [-0.39, 0.29) is 0 Å². The van der Waals surface area contributed by atoms with Gasteiger partial charge < -0.3 is 9.47 Å². The summed E-state index contributed by atoms with van der Waals surface area (Å²) in [7, 11) is 0. The molecule has 2 aliphatic rings. The number of benzene rings is 1. The van der Waals surface area contributed by atoms with Crippen LogP contribution >= 0.6 is 15.9 Å². The maximum Gasteiger partial charge on any atom is 0.235 e. The average molecular weight is 324 g/mol. The van der Waals surface area contributed by atoms with Crippen LogP contribution in [0, 0.1) is 6.92 Å². The Labute approximate surface area is 119 Å². The van der Waals surface area contributed by atoms with Crippen LogP contribution in [0.4, 0.5) is 0 Å². The molecule has 0 radical (unpaired) electrons. The molecule has 0 unspecified atom stereocenters. The number of isocyanates is 1. The normalized spacial score (nSPS) is 19.3. The van der Waals surface area contributed by atoms with Crippen molar-refractivity contribution in [2.24, 2.45) is 4.99 Å². The smallest absolute Gasteiger partial charge is 0.235 e. The molecule has 0 atom stereocenters. The van der Waals surface area contributed by atoms with Crippen molar-refractivity contribution in [3.8, 4) is 11.5 Å². The molecular formula is C14H14BrNO3. The van der Waals surface area contributed by atoms with Gasteiger partial charge in [0, 0.05) is 5.56 Å². The number of ether oxygens (including phenoxy) is 2. The SMILES string of the molecule is Cc1cc2c(c(Br)c1C1(N=C=O)CCC1)OCCO2. The van der Waals surface area contributed by atoms with E-state index in [0.717, 1.165) is 46.4 Å². The van der Waals surface area contributed by atoms with Gasteiger partial charge in [-0.1, -0.05) is 0 Å². The van der Waals surface area contributed by atoms with Crippen molar-refractivity contribution in [1.29, 1.82) is 0 Å². The summed E-state index contributed by atoms with van der Waals surface area (Å²) in [6.45, 7) is 3.12. The van der Waals surface area contributed by atoms with Crippen LogP contribution < -0.4 is 9.47 Å². The molecule has 0 saturated heterocycles. The summed E-state index contributed by atoms with van der Waals surface area (Å²) in [6.07, 6.45) is 4.55. The van der Waals surface area contributed by atoms with Crippen molar-refractivity contribution < 1.29 is 14.3 Å². The van der Waals surface area contributed by atoms with E-state index in [9.17, 15) is 4.79 Å². The minimum atomic E-state index is -0.430. The molecule has 0 aromatic heterocycles. The van der Waals surface area contributed by atoms with Crippen LogP contribution in [-0.2, 0) is 10.3 Å². The van der Waals surface area contributed by atoms with Gasteiger partial charge in [0.25, 0.3) is 0 Å². The van der Waals surface area contributed by atoms with Gasteiger partial charge in [-0.2, -0.15) is 4.99 Å². The predicted octanol–water partition coefficient (Wildman–Crippen LogP) is 3.24. The Morgan fingerprint density at radius 3 is 2.74 bits per heavy atom. The standard InChI is InChI=1S/C14H14BrNO3/c1-9-7-10-13(19-6-5-18-10)12(15)11(9)14(16-8-17)3-2-4-14/h7H,2-6H2,1H3. The fourth-order valence-electron chi connectivity index (χ4n) is 2.85. The Morgan fingerprint density at radius 2 is 2.11 bits per heavy atom. The van der Waals surface area contributed by atoms with E-state index in [1.807, 2.05) is 13.0 Å². The molecule has 100 valence electrons. The molecule has 3 rings (SSSR count). The van der Waals surface area contributed by atoms with E-state index in [2.05, 4.69) is 20.9 Å². The molecule has 0 N–H and O–H groups in total. The third-order valence-electron chi connectivity index (χ3n) is 3.88. The van der Waals surface area contributed by atoms with Gasteiger partial charge in [-0.05, 0) is 53.7 Å². The monoisotopic (exact) mass is 323 g/mol. The molecule has 1 fully saturated rings. The van der Waals surface area contributed by atoms with Gasteiger partial charge in [-0.3, -0.25) is 0 Å². The van der Waals surface area contributed by atoms with Crippen LogP contribution in [0.5, 0.6) is 11.5 Å². The zero-order chi connectivity index (χ0) is 13.5. The lowest BCUT2D eigenvalue weighted by atomic mass is 9.71. The van der Waals surface area contributed by atoms with Gasteiger partial charge >= 0.3 is 0 Å². The first kappa shape index (κ1) is 12.7. The lowest BCUT2D eigenvalue weighted by molar-refractivity contribution is 0.168. The van der Waals surface area contributed by atoms with Crippen LogP contribution in [0.3, 0.4) is 0 Å². The number of hydrogen-bond donors (Lipinski definition) is 0. The molecule has 19 heavy (non-hydrogen) atoms. The summed E-state index contributed by atoms with van der Waals surface area (Å²) in [5.74, 6) is 1.48. The number of aryl methyl sites for hydroxylation is 1. The maximum atomic E-state index is 10.7. The summed E-state index contributed by atoms with van der Waals surface area (Å²) in [4.78, 5) is 14.8. The van der Waals surface area contributed by atoms with Crippen molar-refractivity contribution in [3.05, 3.63) is 21.7 Å². The molecule has 1 heterocycles. The summed E-state index contributed by atoms with van der Waals surface area (Å²) in [5.41, 5.74) is 1.67. The second-order valence-corrected chi connectivity index (χ2v) is 5.79. The highest BCUT2D eigenvalue weighted by atomic mass is 79.9. The van der Waals surface area contributed by atoms with Crippen molar-refractivity contribution in [2.75, 3.05) is 13.2 Å². The van der Waals surface area contributed by atoms with Crippen LogP contribution in [0.25, 0.3) is 0 Å². The third-order valence-corrected chi connectivity index (χ3v) is 4.63. The predicted molar refractivity (Wildman–Crippen MR) is 73.5 cm³/mol. The molecule has 4 nitrogen and oxygen atoms in total. The molecule has 1 aromatic rings. The fraction of sp³-hybridized carbons (Fsp3) is 0.500. The Bertz CT molecular complexity index is 575. The average Bonchev–Trinajstić information content (AvgIpc) is 2.35. The summed E-state index contributed by atoms with van der Waals surface area (Å²) in [6, 6.07) is 1.97. The van der Waals surface area contributed by atoms with E-state index in [0.29, 0.717) is 13.2 Å². The number of nitrogens with zero attached hydrogens (tertiary/aromatic N) is 1. The van der Waals surface area contributed by atoms with Crippen LogP contribution in [0.15, 0.2) is 15.5 Å². The number of halogens is 1. The topological polar surface area (TPSA) is 47.9 Å². The highest BCUT2D eigenvalue weighted by molar-refractivity contribution is 9.10. The largest absolute Gasteiger partial charge is 0.486 e. The zero-order valence-electron chi connectivity index (χ0n) is 10.7. The number of fused-ring (bicyclic) bond motifs is 1. The molecule has 5 heteroatoms. The van der Waals surface area contributed by atoms with Gasteiger partial charge in [0.15, 0.2) is 11.5 Å². The second-order valence-electron chi connectivity index (χ2n) is 4.99. The van der Waals surface area contributed by atoms with Gasteiger partial charge in [-0.15, -0.1) is 0 Å². The van der Waals surface area contributed by atoms with E-state index in [1.54, 1.807) is 6.08 Å². The summed E-state index contributed by atoms with van der Waals surface area (Å²) in [5, 5.41) is 0. The van der Waals surface area contributed by atoms with Gasteiger partial charge in [-0.25, -0.2) is 4.79 Å². The lowest BCUT2D eigenvalue weighted by Gasteiger charge is -2.39. The molecule has 1 aliphatic carbocycles. The minimum Gasteiger partial charge on any atom is -0.486 e. The number of hydrogen-bond acceptors (Lipinski definition) is 4. The highest BCUT2D eigenvalue weighted by Crippen LogP contribution is 2.53. The zero-order valence-corrected chi connectivity index (χ0v) is 12.2. The van der Waals surface area contributed by atoms with Gasteiger partial charge in [0.1, 0.15) is 13.2 Å². The Balaban J connectivity index is 2.18. The quantitative estimate of drug-likeness (QED) is 0.620. The first-order chi connectivity index (χ1) is 9.18. The number of carbonyl (C=O) groups excluding carboxylic acids is 1. The minimum absolute atomic E-state index is 0.430. The molecule has 1 aromatic carbocycles. The Hall–Kier alpha value is -1.32. The summed E-state index contributed by atoms with van der Waals surface area (Å²) >= 11 is 3.60. The summed E-state index contributed by atoms with van der Waals surface area (Å²) < 4.78 is 12.1. The van der Waals surface area contributed by atoms with Crippen molar-refractivity contribution >= 4 is 22.0 Å². The van der Waals surface area contributed by atoms with Crippen molar-refractivity contribution in [2.45, 2.75) is 31.7 Å². The molecule has 1 saturated carbocycles. The molecule has 1 aliphatic heterocycles. The second kappa shape index (κ2) is 4.66. The first-order valence-corrected chi connectivity index (χ1v) is 7.15. The van der Waals surface area contributed by atoms with Crippen LogP contribution in [0.2, 0.25) is 0 Å². The number of aliphatic imine (C=N–C) groups is 1. The van der Waals surface area contributed by atoms with E-state index in [1.165, 1.54) is 0 Å². The lowest BCUT2D eigenvalue weighted by Crippen LogP contribution is -2.33. The number of rotatable bonds is 2. The van der Waals surface area contributed by atoms with E-state index >= 15 is 0 Å². The van der Waals surface area contributed by atoms with Crippen molar-refractivity contribution in [3.63, 3.8) is 0 Å². The van der Waals surface area contributed by atoms with Crippen LogP contribution in [-0.4, -0.2) is 19.3 Å².